The summed E-state index contributed by atoms with van der Waals surface area (Å²) in [4.78, 5) is 0.124. The Morgan fingerprint density at radius 3 is 2.17 bits per heavy atom. The van der Waals surface area contributed by atoms with Crippen molar-refractivity contribution < 1.29 is 12.8 Å². The van der Waals surface area contributed by atoms with E-state index >= 15 is 0 Å². The molecular formula is C11H18ClFN2O2S. The summed E-state index contributed by atoms with van der Waals surface area (Å²) in [6.45, 7) is 5.01. The quantitative estimate of drug-likeness (QED) is 0.884. The maximum atomic E-state index is 13.1. The van der Waals surface area contributed by atoms with E-state index in [4.69, 9.17) is 5.73 Å². The first-order valence-electron chi connectivity index (χ1n) is 5.27. The lowest BCUT2D eigenvalue weighted by molar-refractivity contribution is 0.560. The van der Waals surface area contributed by atoms with Gasteiger partial charge in [0.1, 0.15) is 5.82 Å². The van der Waals surface area contributed by atoms with Gasteiger partial charge in [0.2, 0.25) is 10.0 Å². The van der Waals surface area contributed by atoms with Crippen LogP contribution in [0.15, 0.2) is 17.0 Å². The Balaban J connectivity index is 0.00000289. The predicted octanol–water partition coefficient (Wildman–Crippen LogP) is 1.49. The molecule has 0 unspecified atom stereocenters. The number of nitrogens with one attached hydrogen (secondary N) is 1. The van der Waals surface area contributed by atoms with E-state index in [1.807, 2.05) is 0 Å². The molecule has 0 spiro atoms. The van der Waals surface area contributed by atoms with Gasteiger partial charge in [-0.1, -0.05) is 0 Å². The van der Waals surface area contributed by atoms with Gasteiger partial charge in [0.05, 0.1) is 4.90 Å². The van der Waals surface area contributed by atoms with Crippen LogP contribution < -0.4 is 10.5 Å². The van der Waals surface area contributed by atoms with Gasteiger partial charge < -0.3 is 5.73 Å². The molecule has 0 fully saturated rings. The van der Waals surface area contributed by atoms with Gasteiger partial charge >= 0.3 is 0 Å². The molecule has 0 heterocycles. The summed E-state index contributed by atoms with van der Waals surface area (Å²) in [5.41, 5.74) is 6.15. The molecular weight excluding hydrogens is 279 g/mol. The molecule has 0 amide bonds. The number of rotatable bonds is 4. The molecule has 0 bridgehead atoms. The number of sulfonamides is 1. The first-order valence-corrected chi connectivity index (χ1v) is 6.75. The first-order chi connectivity index (χ1) is 7.77. The third-order valence-electron chi connectivity index (χ3n) is 2.40. The molecule has 1 aromatic carbocycles. The fraction of sp³-hybridized carbons (Fsp3) is 0.455. The second-order valence-electron chi connectivity index (χ2n) is 4.13. The van der Waals surface area contributed by atoms with Crippen molar-refractivity contribution in [1.29, 1.82) is 0 Å². The minimum absolute atomic E-state index is 0. The smallest absolute Gasteiger partial charge is 0.241 e. The zero-order valence-electron chi connectivity index (χ0n) is 10.5. The van der Waals surface area contributed by atoms with Crippen molar-refractivity contribution in [3.05, 3.63) is 29.1 Å². The van der Waals surface area contributed by atoms with Crippen molar-refractivity contribution in [1.82, 2.24) is 4.72 Å². The molecule has 0 aromatic heterocycles. The molecule has 1 aromatic rings. The van der Waals surface area contributed by atoms with Crippen LogP contribution in [0.4, 0.5) is 4.39 Å². The molecule has 4 nitrogen and oxygen atoms in total. The van der Waals surface area contributed by atoms with Gasteiger partial charge in [-0.2, -0.15) is 0 Å². The largest absolute Gasteiger partial charge is 0.329 e. The lowest BCUT2D eigenvalue weighted by Gasteiger charge is -2.15. The maximum absolute atomic E-state index is 13.1. The van der Waals surface area contributed by atoms with Crippen LogP contribution in [0.3, 0.4) is 0 Å². The fourth-order valence-electron chi connectivity index (χ4n) is 1.69. The molecule has 0 aliphatic carbocycles. The summed E-state index contributed by atoms with van der Waals surface area (Å²) in [5, 5.41) is 0. The summed E-state index contributed by atoms with van der Waals surface area (Å²) in [7, 11) is -3.65. The van der Waals surface area contributed by atoms with Gasteiger partial charge in [-0.05, 0) is 44.0 Å². The molecule has 0 aliphatic rings. The van der Waals surface area contributed by atoms with E-state index in [1.54, 1.807) is 20.8 Å². The number of nitrogens with two attached hydrogens (primary N) is 1. The molecule has 0 aliphatic heterocycles. The van der Waals surface area contributed by atoms with Gasteiger partial charge in [-0.25, -0.2) is 17.5 Å². The van der Waals surface area contributed by atoms with Crippen LogP contribution in [-0.2, 0) is 10.0 Å². The molecule has 0 radical (unpaired) electrons. The van der Waals surface area contributed by atoms with Gasteiger partial charge in [0, 0.05) is 12.6 Å². The van der Waals surface area contributed by atoms with Gasteiger partial charge in [-0.3, -0.25) is 0 Å². The number of aryl methyl sites for hydroxylation is 2. The topological polar surface area (TPSA) is 72.2 Å². The second-order valence-corrected chi connectivity index (χ2v) is 5.78. The Morgan fingerprint density at radius 2 is 1.78 bits per heavy atom. The summed E-state index contributed by atoms with van der Waals surface area (Å²) in [5.74, 6) is -0.439. The van der Waals surface area contributed by atoms with Crippen molar-refractivity contribution in [2.24, 2.45) is 5.73 Å². The highest BCUT2D eigenvalue weighted by Crippen LogP contribution is 2.21. The van der Waals surface area contributed by atoms with E-state index in [0.717, 1.165) is 0 Å². The van der Waals surface area contributed by atoms with E-state index in [9.17, 15) is 12.8 Å². The van der Waals surface area contributed by atoms with E-state index in [1.165, 1.54) is 12.1 Å². The minimum Gasteiger partial charge on any atom is -0.329 e. The van der Waals surface area contributed by atoms with Crippen LogP contribution in [0.1, 0.15) is 18.1 Å². The molecule has 0 saturated carbocycles. The van der Waals surface area contributed by atoms with Crippen molar-refractivity contribution >= 4 is 22.4 Å². The van der Waals surface area contributed by atoms with Crippen molar-refractivity contribution in [2.45, 2.75) is 31.7 Å². The fourth-order valence-corrected chi connectivity index (χ4v) is 3.40. The molecule has 7 heteroatoms. The van der Waals surface area contributed by atoms with Crippen molar-refractivity contribution in [3.8, 4) is 0 Å². The summed E-state index contributed by atoms with van der Waals surface area (Å²) in [6, 6.07) is 2.05. The predicted molar refractivity (Wildman–Crippen MR) is 72.0 cm³/mol. The van der Waals surface area contributed by atoms with Gasteiger partial charge in [0.25, 0.3) is 0 Å². The molecule has 1 atom stereocenters. The molecule has 1 rings (SSSR count). The maximum Gasteiger partial charge on any atom is 0.241 e. The summed E-state index contributed by atoms with van der Waals surface area (Å²) in [6.07, 6.45) is 0. The highest BCUT2D eigenvalue weighted by atomic mass is 35.5. The zero-order valence-corrected chi connectivity index (χ0v) is 12.2. The number of hydrogen-bond donors (Lipinski definition) is 2. The van der Waals surface area contributed by atoms with Gasteiger partial charge in [-0.15, -0.1) is 12.4 Å². The Hall–Kier alpha value is -0.690. The second kappa shape index (κ2) is 6.47. The lowest BCUT2D eigenvalue weighted by atomic mass is 10.1. The van der Waals surface area contributed by atoms with E-state index in [0.29, 0.717) is 11.1 Å². The number of halogens is 2. The van der Waals surface area contributed by atoms with Crippen molar-refractivity contribution in [3.63, 3.8) is 0 Å². The average Bonchev–Trinajstić information content (AvgIpc) is 2.14. The number of hydrogen-bond acceptors (Lipinski definition) is 3. The van der Waals surface area contributed by atoms with Crippen LogP contribution in [0.2, 0.25) is 0 Å². The average molecular weight is 297 g/mol. The molecule has 104 valence electrons. The van der Waals surface area contributed by atoms with Crippen LogP contribution >= 0.6 is 12.4 Å². The summed E-state index contributed by atoms with van der Waals surface area (Å²) < 4.78 is 39.7. The summed E-state index contributed by atoms with van der Waals surface area (Å²) >= 11 is 0. The Labute approximate surface area is 113 Å². The Bertz CT molecular complexity index is 497. The Kier molecular flexibility index (Phi) is 6.22. The Morgan fingerprint density at radius 1 is 1.33 bits per heavy atom. The first kappa shape index (κ1) is 17.3. The minimum atomic E-state index is -3.65. The van der Waals surface area contributed by atoms with Crippen LogP contribution in [0, 0.1) is 19.7 Å². The molecule has 0 saturated heterocycles. The van der Waals surface area contributed by atoms with Crippen molar-refractivity contribution in [2.75, 3.05) is 6.54 Å². The van der Waals surface area contributed by atoms with Gasteiger partial charge in [0.15, 0.2) is 0 Å². The normalized spacial score (nSPS) is 12.9. The standard InChI is InChI=1S/C11H17FN2O2S.ClH/c1-7-4-10(12)5-8(2)11(7)17(15,16)14-9(3)6-13;/h4-5,9,14H,6,13H2,1-3H3;1H/t9-;/m1./s1. The third-order valence-corrected chi connectivity index (χ3v) is 4.30. The van der Waals surface area contributed by atoms with Crippen LogP contribution in [0.5, 0.6) is 0 Å². The SMILES string of the molecule is Cc1cc(F)cc(C)c1S(=O)(=O)N[C@H](C)CN.Cl. The number of benzene rings is 1. The lowest BCUT2D eigenvalue weighted by Crippen LogP contribution is -2.38. The van der Waals surface area contributed by atoms with E-state index in [2.05, 4.69) is 4.72 Å². The third kappa shape index (κ3) is 3.91. The zero-order chi connectivity index (χ0) is 13.2. The van der Waals surface area contributed by atoms with E-state index in [-0.39, 0.29) is 29.9 Å². The molecule has 18 heavy (non-hydrogen) atoms. The highest BCUT2D eigenvalue weighted by Gasteiger charge is 2.21. The highest BCUT2D eigenvalue weighted by molar-refractivity contribution is 7.89. The monoisotopic (exact) mass is 296 g/mol. The van der Waals surface area contributed by atoms with Crippen LogP contribution in [0.25, 0.3) is 0 Å². The molecule has 3 N–H and O–H groups in total. The van der Waals surface area contributed by atoms with E-state index < -0.39 is 15.8 Å². The van der Waals surface area contributed by atoms with Crippen LogP contribution in [-0.4, -0.2) is 21.0 Å².